The minimum Gasteiger partial charge on any atom is -0.726 e. The molecule has 1 N–H and O–H groups in total. The van der Waals surface area contributed by atoms with Crippen LogP contribution in [0.5, 0.6) is 0 Å². The van der Waals surface area contributed by atoms with Gasteiger partial charge in [0.1, 0.15) is 18.9 Å². The van der Waals surface area contributed by atoms with Crippen molar-refractivity contribution in [2.75, 3.05) is 0 Å². The number of nitrogens with zero attached hydrogens (tertiary/aromatic N) is 2. The van der Waals surface area contributed by atoms with E-state index in [-0.39, 0.29) is 0 Å². The Morgan fingerprint density at radius 3 is 2.35 bits per heavy atom. The van der Waals surface area contributed by atoms with E-state index in [1.54, 1.807) is 0 Å². The van der Waals surface area contributed by atoms with Crippen molar-refractivity contribution in [3.05, 3.63) is 60.7 Å². The first-order chi connectivity index (χ1) is 9.28. The lowest BCUT2D eigenvalue weighted by molar-refractivity contribution is -0.671. The number of rotatable bonds is 3. The fraction of sp³-hybridized carbons (Fsp3) is 0.154. The number of benzene rings is 1. The van der Waals surface area contributed by atoms with Gasteiger partial charge in [0.15, 0.2) is 0 Å². The summed E-state index contributed by atoms with van der Waals surface area (Å²) in [5.74, 6) is 0. The summed E-state index contributed by atoms with van der Waals surface area (Å²) in [6.07, 6.45) is 8.04. The van der Waals surface area contributed by atoms with Crippen LogP contribution in [0.3, 0.4) is 0 Å². The molecular weight excluding hydrogens is 280 g/mol. The molecule has 0 radical (unpaired) electrons. The van der Waals surface area contributed by atoms with E-state index in [1.165, 1.54) is 5.56 Å². The van der Waals surface area contributed by atoms with Gasteiger partial charge in [0, 0.05) is 0 Å². The molecule has 20 heavy (non-hydrogen) atoms. The molecule has 7 heteroatoms. The van der Waals surface area contributed by atoms with E-state index in [0.29, 0.717) is 0 Å². The highest BCUT2D eigenvalue weighted by molar-refractivity contribution is 7.79. The molecule has 0 amide bonds. The molecular formula is C13H16N2O4S. The summed E-state index contributed by atoms with van der Waals surface area (Å²) in [5, 5.41) is 0. The molecule has 6 nitrogen and oxygen atoms in total. The second-order valence-corrected chi connectivity index (χ2v) is 4.98. The number of hydrogen-bond acceptors (Lipinski definition) is 3. The van der Waals surface area contributed by atoms with Gasteiger partial charge in [0.05, 0.1) is 7.05 Å². The summed E-state index contributed by atoms with van der Waals surface area (Å²) >= 11 is 0. The Balaban J connectivity index is 0.000000347. The minimum atomic E-state index is -4.92. The maximum absolute atomic E-state index is 8.63. The fourth-order valence-corrected chi connectivity index (χ4v) is 1.57. The van der Waals surface area contributed by atoms with Gasteiger partial charge in [-0.25, -0.2) is 17.6 Å². The van der Waals surface area contributed by atoms with Crippen LogP contribution in [0.15, 0.2) is 49.6 Å². The number of hydrogen-bond donors (Lipinski definition) is 1. The van der Waals surface area contributed by atoms with Crippen LogP contribution in [-0.4, -0.2) is 22.1 Å². The van der Waals surface area contributed by atoms with Crippen LogP contribution >= 0.6 is 0 Å². The molecule has 0 fully saturated rings. The topological polar surface area (TPSA) is 86.2 Å². The maximum Gasteiger partial charge on any atom is 0.243 e. The summed E-state index contributed by atoms with van der Waals surface area (Å²) in [6.45, 7) is 4.65. The fourth-order valence-electron chi connectivity index (χ4n) is 1.57. The first-order valence-electron chi connectivity index (χ1n) is 5.68. The average Bonchev–Trinajstić information content (AvgIpc) is 2.74. The standard InChI is InChI=1S/C13H15N2.H2O4S/c1-3-12-4-6-13(7-5-12)10-15-9-8-14(2)11-15;1-5(2,3)4/h3-9,11H,1,10H2,2H3;(H2,1,2,3,4)/q+1;/p-1. The van der Waals surface area contributed by atoms with Crippen molar-refractivity contribution in [2.45, 2.75) is 6.54 Å². The van der Waals surface area contributed by atoms with Gasteiger partial charge in [-0.15, -0.1) is 0 Å². The van der Waals surface area contributed by atoms with Crippen molar-refractivity contribution in [3.63, 3.8) is 0 Å². The second kappa shape index (κ2) is 6.99. The molecule has 0 aliphatic rings. The molecule has 0 bridgehead atoms. The van der Waals surface area contributed by atoms with Crippen LogP contribution in [0.2, 0.25) is 0 Å². The van der Waals surface area contributed by atoms with Gasteiger partial charge in [-0.3, -0.25) is 4.55 Å². The van der Waals surface area contributed by atoms with Crippen LogP contribution in [0.25, 0.3) is 6.08 Å². The van der Waals surface area contributed by atoms with Gasteiger partial charge in [-0.1, -0.05) is 36.9 Å². The Labute approximate surface area is 118 Å². The highest BCUT2D eigenvalue weighted by Crippen LogP contribution is 2.06. The van der Waals surface area contributed by atoms with Gasteiger partial charge in [-0.2, -0.15) is 0 Å². The van der Waals surface area contributed by atoms with E-state index in [9.17, 15) is 0 Å². The monoisotopic (exact) mass is 296 g/mol. The van der Waals surface area contributed by atoms with E-state index in [4.69, 9.17) is 17.5 Å². The third-order valence-electron chi connectivity index (χ3n) is 2.40. The molecule has 1 aromatic carbocycles. The minimum absolute atomic E-state index is 0.915. The molecule has 2 aromatic rings. The normalized spacial score (nSPS) is 10.6. The molecule has 0 spiro atoms. The number of imidazole rings is 1. The lowest BCUT2D eigenvalue weighted by Gasteiger charge is -1.98. The highest BCUT2D eigenvalue weighted by Gasteiger charge is 2.00. The van der Waals surface area contributed by atoms with Crippen LogP contribution in [0.1, 0.15) is 11.1 Å². The predicted molar refractivity (Wildman–Crippen MR) is 73.6 cm³/mol. The summed E-state index contributed by atoms with van der Waals surface area (Å²) in [5.41, 5.74) is 2.47. The Bertz CT molecular complexity index is 652. The van der Waals surface area contributed by atoms with Crippen molar-refractivity contribution in [1.82, 2.24) is 4.57 Å². The maximum atomic E-state index is 8.63. The predicted octanol–water partition coefficient (Wildman–Crippen LogP) is 1.01. The van der Waals surface area contributed by atoms with Crippen molar-refractivity contribution < 1.29 is 22.1 Å². The largest absolute Gasteiger partial charge is 0.726 e. The van der Waals surface area contributed by atoms with E-state index in [2.05, 4.69) is 47.9 Å². The van der Waals surface area contributed by atoms with Gasteiger partial charge >= 0.3 is 0 Å². The summed E-state index contributed by atoms with van der Waals surface area (Å²) in [4.78, 5) is 0. The molecule has 0 aliphatic carbocycles. The van der Waals surface area contributed by atoms with Crippen LogP contribution < -0.4 is 4.57 Å². The first kappa shape index (κ1) is 16.1. The zero-order chi connectivity index (χ0) is 15.2. The number of aromatic nitrogens is 2. The molecule has 1 heterocycles. The second-order valence-electron chi connectivity index (χ2n) is 4.12. The smallest absolute Gasteiger partial charge is 0.243 e. The molecule has 0 saturated carbocycles. The van der Waals surface area contributed by atoms with Gasteiger partial charge in [0.25, 0.3) is 0 Å². The molecule has 0 aliphatic heterocycles. The first-order valence-corrected chi connectivity index (χ1v) is 7.05. The average molecular weight is 296 g/mol. The van der Waals surface area contributed by atoms with Crippen molar-refractivity contribution in [2.24, 2.45) is 7.05 Å². The molecule has 1 aromatic heterocycles. The van der Waals surface area contributed by atoms with E-state index < -0.39 is 10.4 Å². The Hall–Kier alpha value is -1.96. The van der Waals surface area contributed by atoms with Crippen molar-refractivity contribution in [3.8, 4) is 0 Å². The lowest BCUT2D eigenvalue weighted by atomic mass is 10.1. The highest BCUT2D eigenvalue weighted by atomic mass is 32.3. The summed E-state index contributed by atoms with van der Waals surface area (Å²) in [7, 11) is -2.89. The van der Waals surface area contributed by atoms with Crippen LogP contribution in [0, 0.1) is 0 Å². The van der Waals surface area contributed by atoms with Crippen molar-refractivity contribution in [1.29, 1.82) is 0 Å². The quantitative estimate of drug-likeness (QED) is 0.520. The Morgan fingerprint density at radius 1 is 1.40 bits per heavy atom. The van der Waals surface area contributed by atoms with Gasteiger partial charge in [-0.05, 0) is 11.1 Å². The van der Waals surface area contributed by atoms with E-state index in [0.717, 1.165) is 12.1 Å². The summed E-state index contributed by atoms with van der Waals surface area (Å²) < 4.78 is 37.0. The van der Waals surface area contributed by atoms with E-state index >= 15 is 0 Å². The molecule has 0 saturated heterocycles. The molecule has 0 atom stereocenters. The van der Waals surface area contributed by atoms with Crippen LogP contribution in [0.4, 0.5) is 0 Å². The van der Waals surface area contributed by atoms with Gasteiger partial charge < -0.3 is 4.55 Å². The van der Waals surface area contributed by atoms with Gasteiger partial charge in [0.2, 0.25) is 16.7 Å². The van der Waals surface area contributed by atoms with Crippen molar-refractivity contribution >= 4 is 16.5 Å². The number of aryl methyl sites for hydroxylation is 1. The Kier molecular flexibility index (Phi) is 5.63. The zero-order valence-corrected chi connectivity index (χ0v) is 11.8. The third kappa shape index (κ3) is 6.83. The molecule has 0 unspecified atom stereocenters. The lowest BCUT2D eigenvalue weighted by Crippen LogP contribution is -2.23. The SMILES string of the molecule is C=Cc1ccc(Cn2cc[n+](C)c2)cc1.O=S(=O)([O-])O. The van der Waals surface area contributed by atoms with Crippen LogP contribution in [-0.2, 0) is 24.0 Å². The molecule has 2 rings (SSSR count). The zero-order valence-electron chi connectivity index (χ0n) is 11.0. The third-order valence-corrected chi connectivity index (χ3v) is 2.40. The Morgan fingerprint density at radius 2 is 1.95 bits per heavy atom. The summed E-state index contributed by atoms with van der Waals surface area (Å²) in [6, 6.07) is 8.45. The molecule has 108 valence electrons. The van der Waals surface area contributed by atoms with E-state index in [1.807, 2.05) is 23.9 Å².